The summed E-state index contributed by atoms with van der Waals surface area (Å²) in [6.45, 7) is 2.93. The first-order valence-electron chi connectivity index (χ1n) is 7.69. The summed E-state index contributed by atoms with van der Waals surface area (Å²) in [4.78, 5) is 11.8. The second kappa shape index (κ2) is 9.13. The zero-order chi connectivity index (χ0) is 17.4. The van der Waals surface area contributed by atoms with Crippen molar-refractivity contribution in [2.45, 2.75) is 19.8 Å². The molecule has 4 nitrogen and oxygen atoms in total. The van der Waals surface area contributed by atoms with Crippen molar-refractivity contribution in [3.8, 4) is 11.5 Å². The van der Waals surface area contributed by atoms with E-state index in [0.717, 1.165) is 11.8 Å². The van der Waals surface area contributed by atoms with Gasteiger partial charge < -0.3 is 14.8 Å². The van der Waals surface area contributed by atoms with Crippen molar-refractivity contribution in [1.29, 1.82) is 0 Å². The summed E-state index contributed by atoms with van der Waals surface area (Å²) >= 11 is 5.66. The Labute approximate surface area is 145 Å². The maximum atomic E-state index is 13.6. The average molecular weight is 352 g/mol. The summed E-state index contributed by atoms with van der Waals surface area (Å²) < 4.78 is 24.5. The van der Waals surface area contributed by atoms with E-state index in [2.05, 4.69) is 5.32 Å². The van der Waals surface area contributed by atoms with Crippen molar-refractivity contribution in [3.63, 3.8) is 0 Å². The molecule has 2 aromatic rings. The summed E-state index contributed by atoms with van der Waals surface area (Å²) in [6, 6.07) is 11.4. The SMILES string of the molecule is CCOc1ccc(OCCCC(=O)Nc2ccc(Cl)cc2F)cc1. The fourth-order valence-electron chi connectivity index (χ4n) is 2.03. The van der Waals surface area contributed by atoms with Crippen LogP contribution in [0, 0.1) is 5.82 Å². The van der Waals surface area contributed by atoms with Crippen LogP contribution in [0.5, 0.6) is 11.5 Å². The highest BCUT2D eigenvalue weighted by Crippen LogP contribution is 2.20. The number of rotatable bonds is 8. The molecule has 0 unspecified atom stereocenters. The largest absolute Gasteiger partial charge is 0.494 e. The minimum atomic E-state index is -0.554. The molecule has 0 aromatic heterocycles. The van der Waals surface area contributed by atoms with Crippen LogP contribution in [-0.4, -0.2) is 19.1 Å². The summed E-state index contributed by atoms with van der Waals surface area (Å²) in [5.41, 5.74) is 0.122. The first-order chi connectivity index (χ1) is 11.6. The number of nitrogens with one attached hydrogen (secondary N) is 1. The summed E-state index contributed by atoms with van der Waals surface area (Å²) in [5.74, 6) is 0.671. The quantitative estimate of drug-likeness (QED) is 0.703. The van der Waals surface area contributed by atoms with Crippen molar-refractivity contribution in [1.82, 2.24) is 0 Å². The number of ether oxygens (including phenoxy) is 2. The smallest absolute Gasteiger partial charge is 0.224 e. The topological polar surface area (TPSA) is 47.6 Å². The molecule has 0 aliphatic carbocycles. The number of amides is 1. The number of halogens is 2. The van der Waals surface area contributed by atoms with Gasteiger partial charge in [0.2, 0.25) is 5.91 Å². The fourth-order valence-corrected chi connectivity index (χ4v) is 2.18. The molecule has 2 rings (SSSR count). The third-order valence-electron chi connectivity index (χ3n) is 3.16. The van der Waals surface area contributed by atoms with Crippen LogP contribution < -0.4 is 14.8 Å². The second-order valence-corrected chi connectivity index (χ2v) is 5.47. The number of carbonyl (C=O) groups is 1. The Bertz CT molecular complexity index is 676. The lowest BCUT2D eigenvalue weighted by Gasteiger charge is -2.09. The van der Waals surface area contributed by atoms with Crippen molar-refractivity contribution in [2.24, 2.45) is 0 Å². The summed E-state index contributed by atoms with van der Waals surface area (Å²) in [5, 5.41) is 2.80. The Morgan fingerprint density at radius 2 is 1.79 bits per heavy atom. The number of hydrogen-bond acceptors (Lipinski definition) is 3. The normalized spacial score (nSPS) is 10.3. The predicted octanol–water partition coefficient (Wildman–Crippen LogP) is 4.68. The molecule has 0 aliphatic heterocycles. The van der Waals surface area contributed by atoms with Crippen LogP contribution in [0.3, 0.4) is 0 Å². The Morgan fingerprint density at radius 1 is 1.12 bits per heavy atom. The minimum Gasteiger partial charge on any atom is -0.494 e. The highest BCUT2D eigenvalue weighted by molar-refractivity contribution is 6.30. The number of hydrogen-bond donors (Lipinski definition) is 1. The molecule has 0 saturated heterocycles. The lowest BCUT2D eigenvalue weighted by Crippen LogP contribution is -2.13. The van der Waals surface area contributed by atoms with Crippen LogP contribution in [0.4, 0.5) is 10.1 Å². The molecule has 24 heavy (non-hydrogen) atoms. The maximum absolute atomic E-state index is 13.6. The molecule has 0 fully saturated rings. The average Bonchev–Trinajstić information content (AvgIpc) is 2.56. The Morgan fingerprint density at radius 3 is 2.42 bits per heavy atom. The maximum Gasteiger partial charge on any atom is 0.224 e. The molecule has 128 valence electrons. The van der Waals surface area contributed by atoms with E-state index in [1.165, 1.54) is 12.1 Å². The van der Waals surface area contributed by atoms with Crippen molar-refractivity contribution in [2.75, 3.05) is 18.5 Å². The van der Waals surface area contributed by atoms with Crippen LogP contribution in [0.25, 0.3) is 0 Å². The third kappa shape index (κ3) is 5.74. The van der Waals surface area contributed by atoms with Gasteiger partial charge in [-0.1, -0.05) is 11.6 Å². The standard InChI is InChI=1S/C18H19ClFNO3/c1-2-23-14-6-8-15(9-7-14)24-11-3-4-18(22)21-17-10-5-13(19)12-16(17)20/h5-10,12H,2-4,11H2,1H3,(H,21,22). The van der Waals surface area contributed by atoms with Crippen LogP contribution in [0.1, 0.15) is 19.8 Å². The second-order valence-electron chi connectivity index (χ2n) is 5.03. The van der Waals surface area contributed by atoms with Gasteiger partial charge >= 0.3 is 0 Å². The molecule has 0 heterocycles. The van der Waals surface area contributed by atoms with E-state index in [4.69, 9.17) is 21.1 Å². The molecule has 0 saturated carbocycles. The van der Waals surface area contributed by atoms with Gasteiger partial charge in [-0.3, -0.25) is 4.79 Å². The van der Waals surface area contributed by atoms with E-state index >= 15 is 0 Å². The van der Waals surface area contributed by atoms with Gasteiger partial charge in [-0.25, -0.2) is 4.39 Å². The Balaban J connectivity index is 1.70. The molecule has 0 bridgehead atoms. The Hall–Kier alpha value is -2.27. The third-order valence-corrected chi connectivity index (χ3v) is 3.39. The van der Waals surface area contributed by atoms with E-state index in [9.17, 15) is 9.18 Å². The van der Waals surface area contributed by atoms with Crippen molar-refractivity contribution >= 4 is 23.2 Å². The van der Waals surface area contributed by atoms with Gasteiger partial charge in [0.25, 0.3) is 0 Å². The van der Waals surface area contributed by atoms with Crippen LogP contribution in [-0.2, 0) is 4.79 Å². The number of benzene rings is 2. The van der Waals surface area contributed by atoms with Gasteiger partial charge in [0.15, 0.2) is 0 Å². The lowest BCUT2D eigenvalue weighted by atomic mass is 10.2. The Kier molecular flexibility index (Phi) is 6.88. The predicted molar refractivity (Wildman–Crippen MR) is 92.4 cm³/mol. The molecule has 1 amide bonds. The lowest BCUT2D eigenvalue weighted by molar-refractivity contribution is -0.116. The van der Waals surface area contributed by atoms with Gasteiger partial charge in [0.05, 0.1) is 18.9 Å². The molecule has 0 atom stereocenters. The van der Waals surface area contributed by atoms with Crippen LogP contribution >= 0.6 is 11.6 Å². The zero-order valence-electron chi connectivity index (χ0n) is 13.4. The highest BCUT2D eigenvalue weighted by atomic mass is 35.5. The minimum absolute atomic E-state index is 0.122. The fraction of sp³-hybridized carbons (Fsp3) is 0.278. The van der Waals surface area contributed by atoms with Crippen LogP contribution in [0.2, 0.25) is 5.02 Å². The van der Waals surface area contributed by atoms with Gasteiger partial charge in [0.1, 0.15) is 17.3 Å². The number of carbonyl (C=O) groups excluding carboxylic acids is 1. The van der Waals surface area contributed by atoms with Gasteiger partial charge in [-0.05, 0) is 55.8 Å². The molecule has 6 heteroatoms. The number of anilines is 1. The van der Waals surface area contributed by atoms with Gasteiger partial charge in [0, 0.05) is 11.4 Å². The van der Waals surface area contributed by atoms with Crippen molar-refractivity contribution in [3.05, 3.63) is 53.3 Å². The van der Waals surface area contributed by atoms with E-state index in [1.807, 2.05) is 31.2 Å². The molecule has 2 aromatic carbocycles. The van der Waals surface area contributed by atoms with E-state index in [0.29, 0.717) is 25.4 Å². The summed E-state index contributed by atoms with van der Waals surface area (Å²) in [6.07, 6.45) is 0.757. The summed E-state index contributed by atoms with van der Waals surface area (Å²) in [7, 11) is 0. The zero-order valence-corrected chi connectivity index (χ0v) is 14.1. The van der Waals surface area contributed by atoms with Crippen LogP contribution in [0.15, 0.2) is 42.5 Å². The highest BCUT2D eigenvalue weighted by Gasteiger charge is 2.07. The molecule has 1 N–H and O–H groups in total. The molecular weight excluding hydrogens is 333 g/mol. The van der Waals surface area contributed by atoms with E-state index in [-0.39, 0.29) is 23.0 Å². The van der Waals surface area contributed by atoms with Gasteiger partial charge in [-0.15, -0.1) is 0 Å². The van der Waals surface area contributed by atoms with Crippen molar-refractivity contribution < 1.29 is 18.7 Å². The molecule has 0 spiro atoms. The van der Waals surface area contributed by atoms with Gasteiger partial charge in [-0.2, -0.15) is 0 Å². The molecular formula is C18H19ClFNO3. The monoisotopic (exact) mass is 351 g/mol. The first-order valence-corrected chi connectivity index (χ1v) is 8.07. The molecule has 0 aliphatic rings. The molecule has 0 radical (unpaired) electrons. The van der Waals surface area contributed by atoms with E-state index in [1.54, 1.807) is 0 Å². The first kappa shape index (κ1) is 18.1. The van der Waals surface area contributed by atoms with E-state index < -0.39 is 5.82 Å².